The molecule has 3 fully saturated rings. The number of benzene rings is 2. The van der Waals surface area contributed by atoms with Gasteiger partial charge in [0.25, 0.3) is 0 Å². The number of fused-ring (bicyclic) bond motifs is 1. The lowest BCUT2D eigenvalue weighted by Gasteiger charge is -2.25. The number of hydrogen-bond acceptors (Lipinski definition) is 5. The third kappa shape index (κ3) is 3.92. The Labute approximate surface area is 192 Å². The van der Waals surface area contributed by atoms with E-state index in [4.69, 9.17) is 4.74 Å². The van der Waals surface area contributed by atoms with Crippen LogP contribution in [0, 0.1) is 23.7 Å². The third-order valence-electron chi connectivity index (χ3n) is 7.01. The molecular weight excluding hydrogens is 420 g/mol. The van der Waals surface area contributed by atoms with Gasteiger partial charge in [-0.25, -0.2) is 4.90 Å². The summed E-state index contributed by atoms with van der Waals surface area (Å²) in [5.74, 6) is -1.37. The Balaban J connectivity index is 1.29. The molecule has 5 rings (SSSR count). The molecule has 1 aliphatic carbocycles. The minimum absolute atomic E-state index is 0.0814. The Morgan fingerprint density at radius 3 is 2.42 bits per heavy atom. The highest BCUT2D eigenvalue weighted by atomic mass is 16.5. The first-order chi connectivity index (χ1) is 15.9. The van der Waals surface area contributed by atoms with Gasteiger partial charge in [-0.3, -0.25) is 19.2 Å². The molecule has 4 atom stereocenters. The number of anilines is 2. The first-order valence-electron chi connectivity index (χ1n) is 11.5. The number of para-hydroxylation sites is 1. The molecule has 2 aromatic rings. The summed E-state index contributed by atoms with van der Waals surface area (Å²) in [5.41, 5.74) is 1.17. The van der Waals surface area contributed by atoms with Crippen LogP contribution in [-0.4, -0.2) is 30.2 Å². The highest BCUT2D eigenvalue weighted by Crippen LogP contribution is 2.42. The first-order valence-corrected chi connectivity index (χ1v) is 11.5. The van der Waals surface area contributed by atoms with Crippen molar-refractivity contribution in [3.8, 4) is 5.75 Å². The van der Waals surface area contributed by atoms with E-state index in [-0.39, 0.29) is 48.3 Å². The number of carbonyl (C=O) groups is 4. The molecule has 0 radical (unpaired) electrons. The monoisotopic (exact) mass is 446 g/mol. The molecule has 1 saturated carbocycles. The predicted octanol–water partition coefficient (Wildman–Crippen LogP) is 3.57. The standard InChI is InChI=1S/C26H26N2O5/c1-16-10-11-21-22(12-16)25(31)28(24(21)30)19-8-5-9-20(14-19)33-26(32)17-13-23(29)27(15-17)18-6-3-2-4-7-18/h2-9,14,16-17,21-22H,10-13,15H2,1H3/t16-,17-,21+,22-/m1/s1. The van der Waals surface area contributed by atoms with Crippen LogP contribution in [0.4, 0.5) is 11.4 Å². The molecule has 0 unspecified atom stereocenters. The van der Waals surface area contributed by atoms with E-state index in [1.54, 1.807) is 29.2 Å². The van der Waals surface area contributed by atoms with Crippen molar-refractivity contribution in [2.45, 2.75) is 32.6 Å². The Bertz CT molecular complexity index is 1110. The van der Waals surface area contributed by atoms with Crippen molar-refractivity contribution >= 4 is 35.1 Å². The second-order valence-electron chi connectivity index (χ2n) is 9.30. The van der Waals surface area contributed by atoms with Gasteiger partial charge in [-0.05, 0) is 49.4 Å². The molecule has 170 valence electrons. The Morgan fingerprint density at radius 2 is 1.64 bits per heavy atom. The van der Waals surface area contributed by atoms with Crippen molar-refractivity contribution in [2.24, 2.45) is 23.7 Å². The zero-order valence-electron chi connectivity index (χ0n) is 18.5. The molecule has 33 heavy (non-hydrogen) atoms. The number of rotatable bonds is 4. The van der Waals surface area contributed by atoms with Crippen molar-refractivity contribution in [3.05, 3.63) is 54.6 Å². The Morgan fingerprint density at radius 1 is 0.909 bits per heavy atom. The van der Waals surface area contributed by atoms with E-state index in [1.807, 2.05) is 30.3 Å². The van der Waals surface area contributed by atoms with Crippen molar-refractivity contribution < 1.29 is 23.9 Å². The van der Waals surface area contributed by atoms with E-state index in [9.17, 15) is 19.2 Å². The van der Waals surface area contributed by atoms with Gasteiger partial charge in [0, 0.05) is 24.7 Å². The molecule has 2 heterocycles. The highest BCUT2D eigenvalue weighted by molar-refractivity contribution is 6.22. The molecule has 2 saturated heterocycles. The SMILES string of the molecule is C[C@@H]1CC[C@@H]2C(=O)N(c3cccc(OC(=O)[C@@H]4CC(=O)N(c5ccccc5)C4)c3)C(=O)[C@@H]2C1. The summed E-state index contributed by atoms with van der Waals surface area (Å²) in [6.45, 7) is 2.37. The molecule has 0 N–H and O–H groups in total. The quantitative estimate of drug-likeness (QED) is 0.407. The van der Waals surface area contributed by atoms with Gasteiger partial charge in [0.15, 0.2) is 0 Å². The van der Waals surface area contributed by atoms with Gasteiger partial charge in [0.05, 0.1) is 23.4 Å². The van der Waals surface area contributed by atoms with Gasteiger partial charge in [0.2, 0.25) is 17.7 Å². The zero-order chi connectivity index (χ0) is 23.1. The summed E-state index contributed by atoms with van der Waals surface area (Å²) in [6.07, 6.45) is 2.49. The van der Waals surface area contributed by atoms with E-state index in [0.29, 0.717) is 11.6 Å². The average Bonchev–Trinajstić information content (AvgIpc) is 3.32. The van der Waals surface area contributed by atoms with Gasteiger partial charge in [-0.15, -0.1) is 0 Å². The maximum atomic E-state index is 13.0. The van der Waals surface area contributed by atoms with Gasteiger partial charge >= 0.3 is 5.97 Å². The lowest BCUT2D eigenvalue weighted by atomic mass is 9.76. The lowest BCUT2D eigenvalue weighted by molar-refractivity contribution is -0.139. The number of amides is 3. The average molecular weight is 447 g/mol. The normalized spacial score (nSPS) is 27.1. The summed E-state index contributed by atoms with van der Waals surface area (Å²) in [4.78, 5) is 54.0. The fourth-order valence-corrected chi connectivity index (χ4v) is 5.25. The van der Waals surface area contributed by atoms with Crippen LogP contribution in [0.1, 0.15) is 32.6 Å². The Kier molecular flexibility index (Phi) is 5.48. The predicted molar refractivity (Wildman–Crippen MR) is 121 cm³/mol. The summed E-state index contributed by atoms with van der Waals surface area (Å²) >= 11 is 0. The molecule has 2 aromatic carbocycles. The number of esters is 1. The van der Waals surface area contributed by atoms with E-state index in [2.05, 4.69) is 6.92 Å². The molecule has 3 aliphatic rings. The number of hydrogen-bond donors (Lipinski definition) is 0. The minimum Gasteiger partial charge on any atom is -0.426 e. The van der Waals surface area contributed by atoms with E-state index >= 15 is 0 Å². The van der Waals surface area contributed by atoms with E-state index < -0.39 is 11.9 Å². The molecule has 7 heteroatoms. The fraction of sp³-hybridized carbons (Fsp3) is 0.385. The number of ether oxygens (including phenoxy) is 1. The van der Waals surface area contributed by atoms with Crippen LogP contribution < -0.4 is 14.5 Å². The van der Waals surface area contributed by atoms with Crippen molar-refractivity contribution in [2.75, 3.05) is 16.3 Å². The van der Waals surface area contributed by atoms with Crippen LogP contribution in [0.15, 0.2) is 54.6 Å². The summed E-state index contributed by atoms with van der Waals surface area (Å²) in [7, 11) is 0. The molecule has 2 aliphatic heterocycles. The van der Waals surface area contributed by atoms with Crippen LogP contribution >= 0.6 is 0 Å². The van der Waals surface area contributed by atoms with Gasteiger partial charge in [-0.2, -0.15) is 0 Å². The molecule has 0 spiro atoms. The van der Waals surface area contributed by atoms with Crippen molar-refractivity contribution in [1.82, 2.24) is 0 Å². The van der Waals surface area contributed by atoms with E-state index in [0.717, 1.165) is 24.9 Å². The summed E-state index contributed by atoms with van der Waals surface area (Å²) in [5, 5.41) is 0. The highest BCUT2D eigenvalue weighted by Gasteiger charge is 2.50. The lowest BCUT2D eigenvalue weighted by Crippen LogP contribution is -2.31. The van der Waals surface area contributed by atoms with E-state index in [1.165, 1.54) is 4.90 Å². The summed E-state index contributed by atoms with van der Waals surface area (Å²) < 4.78 is 5.57. The third-order valence-corrected chi connectivity index (χ3v) is 7.01. The molecule has 0 bridgehead atoms. The van der Waals surface area contributed by atoms with Crippen molar-refractivity contribution in [1.29, 1.82) is 0 Å². The second kappa shape index (κ2) is 8.46. The van der Waals surface area contributed by atoms with Gasteiger partial charge in [-0.1, -0.05) is 31.2 Å². The van der Waals surface area contributed by atoms with Crippen LogP contribution in [0.3, 0.4) is 0 Å². The van der Waals surface area contributed by atoms with Gasteiger partial charge < -0.3 is 9.64 Å². The zero-order valence-corrected chi connectivity index (χ0v) is 18.5. The molecule has 3 amide bonds. The molecular formula is C26H26N2O5. The van der Waals surface area contributed by atoms with Crippen LogP contribution in [0.25, 0.3) is 0 Å². The maximum Gasteiger partial charge on any atom is 0.316 e. The van der Waals surface area contributed by atoms with Gasteiger partial charge in [0.1, 0.15) is 5.75 Å². The smallest absolute Gasteiger partial charge is 0.316 e. The van der Waals surface area contributed by atoms with Crippen LogP contribution in [-0.2, 0) is 19.2 Å². The fourth-order valence-electron chi connectivity index (χ4n) is 5.25. The van der Waals surface area contributed by atoms with Crippen LogP contribution in [0.5, 0.6) is 5.75 Å². The number of nitrogens with zero attached hydrogens (tertiary/aromatic N) is 2. The minimum atomic E-state index is -0.583. The summed E-state index contributed by atoms with van der Waals surface area (Å²) in [6, 6.07) is 15.7. The first kappa shape index (κ1) is 21.4. The Hall–Kier alpha value is -3.48. The largest absolute Gasteiger partial charge is 0.426 e. The number of carbonyl (C=O) groups excluding carboxylic acids is 4. The van der Waals surface area contributed by atoms with Crippen LogP contribution in [0.2, 0.25) is 0 Å². The second-order valence-corrected chi connectivity index (χ2v) is 9.30. The molecule has 0 aromatic heterocycles. The topological polar surface area (TPSA) is 84.0 Å². The molecule has 7 nitrogen and oxygen atoms in total. The number of imide groups is 1. The maximum absolute atomic E-state index is 13.0. The van der Waals surface area contributed by atoms with Crippen molar-refractivity contribution in [3.63, 3.8) is 0 Å².